The summed E-state index contributed by atoms with van der Waals surface area (Å²) in [6, 6.07) is 4.09. The second-order valence-corrected chi connectivity index (χ2v) is 6.87. The van der Waals surface area contributed by atoms with Gasteiger partial charge in [-0.3, -0.25) is 0 Å². The Morgan fingerprint density at radius 1 is 0.833 bits per heavy atom. The Morgan fingerprint density at radius 2 is 1.33 bits per heavy atom. The summed E-state index contributed by atoms with van der Waals surface area (Å²) in [5, 5.41) is 0. The monoisotopic (exact) mass is 248 g/mol. The highest BCUT2D eigenvalue weighted by Crippen LogP contribution is 2.63. The summed E-state index contributed by atoms with van der Waals surface area (Å²) in [6.07, 6.45) is 0. The number of hydrogen-bond donors (Lipinski definition) is 2. The van der Waals surface area contributed by atoms with Crippen LogP contribution >= 0.6 is 0 Å². The Morgan fingerprint density at radius 3 is 1.83 bits per heavy atom. The van der Waals surface area contributed by atoms with Crippen LogP contribution in [0.3, 0.4) is 0 Å². The van der Waals surface area contributed by atoms with Gasteiger partial charge in [0.1, 0.15) is 0 Å². The Labute approximate surface area is 112 Å². The molecule has 0 heterocycles. The van der Waals surface area contributed by atoms with E-state index < -0.39 is 0 Å². The van der Waals surface area contributed by atoms with Crippen molar-refractivity contribution in [2.75, 3.05) is 11.5 Å². The molecule has 2 nitrogen and oxygen atoms in total. The van der Waals surface area contributed by atoms with Crippen LogP contribution in [0.4, 0.5) is 11.4 Å². The lowest BCUT2D eigenvalue weighted by molar-refractivity contribution is 0.125. The molecule has 102 valence electrons. The molecule has 0 saturated heterocycles. The van der Waals surface area contributed by atoms with Gasteiger partial charge in [-0.2, -0.15) is 0 Å². The van der Waals surface area contributed by atoms with Gasteiger partial charge in [0.2, 0.25) is 0 Å². The molecule has 0 unspecified atom stereocenters. The van der Waals surface area contributed by atoms with E-state index in [0.29, 0.717) is 5.69 Å². The first-order chi connectivity index (χ1) is 7.55. The quantitative estimate of drug-likeness (QED) is 0.680. The predicted octanol–water partition coefficient (Wildman–Crippen LogP) is 4.08. The van der Waals surface area contributed by atoms with Gasteiger partial charge in [0.25, 0.3) is 0 Å². The minimum absolute atomic E-state index is 0. The molecular formula is C16H28N2. The van der Waals surface area contributed by atoms with Gasteiger partial charge >= 0.3 is 0 Å². The van der Waals surface area contributed by atoms with Gasteiger partial charge in [0.15, 0.2) is 0 Å². The smallest absolute Gasteiger partial charge is 0.0589 e. The summed E-state index contributed by atoms with van der Waals surface area (Å²) in [4.78, 5) is 0. The fraction of sp³-hybridized carbons (Fsp3) is 0.625. The minimum atomic E-state index is 0. The first kappa shape index (κ1) is 14.9. The Bertz CT molecular complexity index is 482. The molecule has 18 heavy (non-hydrogen) atoms. The highest BCUT2D eigenvalue weighted by atomic mass is 14.7. The summed E-state index contributed by atoms with van der Waals surface area (Å²) in [5.41, 5.74) is 16.5. The van der Waals surface area contributed by atoms with Crippen LogP contribution in [0.25, 0.3) is 0 Å². The third kappa shape index (κ3) is 1.35. The highest BCUT2D eigenvalue weighted by molar-refractivity contribution is 5.74. The zero-order chi connectivity index (χ0) is 13.2. The number of nitrogen functional groups attached to an aromatic ring is 2. The lowest BCUT2D eigenvalue weighted by atomic mass is 9.59. The summed E-state index contributed by atoms with van der Waals surface area (Å²) in [6.45, 7) is 13.8. The molecule has 2 rings (SSSR count). The van der Waals surface area contributed by atoms with E-state index in [0.717, 1.165) is 5.69 Å². The molecule has 0 saturated carbocycles. The van der Waals surface area contributed by atoms with Crippen molar-refractivity contribution < 1.29 is 0 Å². The van der Waals surface area contributed by atoms with Crippen molar-refractivity contribution in [1.82, 2.24) is 0 Å². The van der Waals surface area contributed by atoms with Gasteiger partial charge in [-0.1, -0.05) is 55.0 Å². The fourth-order valence-electron chi connectivity index (χ4n) is 3.26. The SMILES string of the molecule is C.CC1(C)c2ccc(N)c(N)c2C(C)(C)C1(C)C. The zero-order valence-corrected chi connectivity index (χ0v) is 11.8. The summed E-state index contributed by atoms with van der Waals surface area (Å²) < 4.78 is 0. The molecule has 0 atom stereocenters. The lowest BCUT2D eigenvalue weighted by Crippen LogP contribution is -2.42. The first-order valence-electron chi connectivity index (χ1n) is 6.24. The molecular weight excluding hydrogens is 220 g/mol. The molecule has 1 aliphatic rings. The number of fused-ring (bicyclic) bond motifs is 1. The van der Waals surface area contributed by atoms with Crippen LogP contribution in [0.5, 0.6) is 0 Å². The van der Waals surface area contributed by atoms with Gasteiger partial charge in [0.05, 0.1) is 11.4 Å². The molecule has 4 N–H and O–H groups in total. The van der Waals surface area contributed by atoms with Crippen LogP contribution in [0.1, 0.15) is 60.1 Å². The van der Waals surface area contributed by atoms with Crippen molar-refractivity contribution >= 4 is 11.4 Å². The average molecular weight is 248 g/mol. The van der Waals surface area contributed by atoms with Crippen molar-refractivity contribution in [3.63, 3.8) is 0 Å². The summed E-state index contributed by atoms with van der Waals surface area (Å²) in [7, 11) is 0. The molecule has 2 heteroatoms. The molecule has 0 radical (unpaired) electrons. The predicted molar refractivity (Wildman–Crippen MR) is 81.8 cm³/mol. The van der Waals surface area contributed by atoms with Crippen molar-refractivity contribution in [1.29, 1.82) is 0 Å². The maximum absolute atomic E-state index is 6.23. The van der Waals surface area contributed by atoms with E-state index in [-0.39, 0.29) is 23.7 Å². The van der Waals surface area contributed by atoms with E-state index in [1.54, 1.807) is 0 Å². The number of anilines is 2. The molecule has 0 spiro atoms. The summed E-state index contributed by atoms with van der Waals surface area (Å²) in [5.74, 6) is 0. The van der Waals surface area contributed by atoms with Crippen LogP contribution in [0.15, 0.2) is 12.1 Å². The number of rotatable bonds is 0. The van der Waals surface area contributed by atoms with Crippen molar-refractivity contribution in [3.8, 4) is 0 Å². The van der Waals surface area contributed by atoms with Crippen LogP contribution in [0, 0.1) is 5.41 Å². The third-order valence-corrected chi connectivity index (χ3v) is 5.70. The minimum Gasteiger partial charge on any atom is -0.397 e. The second kappa shape index (κ2) is 3.66. The maximum Gasteiger partial charge on any atom is 0.0589 e. The van der Waals surface area contributed by atoms with E-state index in [1.165, 1.54) is 11.1 Å². The van der Waals surface area contributed by atoms with Crippen LogP contribution < -0.4 is 11.5 Å². The molecule has 1 aliphatic carbocycles. The third-order valence-electron chi connectivity index (χ3n) is 5.70. The molecule has 1 aromatic carbocycles. The number of nitrogens with two attached hydrogens (primary N) is 2. The normalized spacial score (nSPS) is 22.1. The van der Waals surface area contributed by atoms with E-state index in [1.807, 2.05) is 6.07 Å². The number of benzene rings is 1. The fourth-order valence-corrected chi connectivity index (χ4v) is 3.26. The Balaban J connectivity index is 0.00000162. The van der Waals surface area contributed by atoms with Crippen LogP contribution in [-0.4, -0.2) is 0 Å². The van der Waals surface area contributed by atoms with E-state index in [9.17, 15) is 0 Å². The van der Waals surface area contributed by atoms with Crippen molar-refractivity contribution in [3.05, 3.63) is 23.3 Å². The Kier molecular flexibility index (Phi) is 3.02. The highest BCUT2D eigenvalue weighted by Gasteiger charge is 2.57. The molecule has 1 aromatic rings. The van der Waals surface area contributed by atoms with E-state index in [4.69, 9.17) is 11.5 Å². The topological polar surface area (TPSA) is 52.0 Å². The van der Waals surface area contributed by atoms with E-state index in [2.05, 4.69) is 47.6 Å². The van der Waals surface area contributed by atoms with Crippen molar-refractivity contribution in [2.24, 2.45) is 5.41 Å². The number of hydrogen-bond acceptors (Lipinski definition) is 2. The summed E-state index contributed by atoms with van der Waals surface area (Å²) >= 11 is 0. The maximum atomic E-state index is 6.23. The van der Waals surface area contributed by atoms with Gasteiger partial charge < -0.3 is 11.5 Å². The van der Waals surface area contributed by atoms with Crippen molar-refractivity contribution in [2.45, 2.75) is 59.8 Å². The molecule has 0 bridgehead atoms. The molecule has 0 aromatic heterocycles. The standard InChI is InChI=1S/C15H24N2.CH4/c1-13(2)9-7-8-10(16)12(17)11(9)14(3,4)15(13,5)6;/h7-8H,16-17H2,1-6H3;1H4. The van der Waals surface area contributed by atoms with Gasteiger partial charge in [-0.15, -0.1) is 0 Å². The lowest BCUT2D eigenvalue weighted by Gasteiger charge is -2.44. The second-order valence-electron chi connectivity index (χ2n) is 6.87. The largest absolute Gasteiger partial charge is 0.397 e. The van der Waals surface area contributed by atoms with Crippen LogP contribution in [0.2, 0.25) is 0 Å². The molecule has 0 fully saturated rings. The van der Waals surface area contributed by atoms with Gasteiger partial charge in [-0.05, 0) is 33.4 Å². The first-order valence-corrected chi connectivity index (χ1v) is 6.24. The van der Waals surface area contributed by atoms with Gasteiger partial charge in [0, 0.05) is 0 Å². The van der Waals surface area contributed by atoms with Crippen LogP contribution in [-0.2, 0) is 10.8 Å². The average Bonchev–Trinajstić information content (AvgIpc) is 2.29. The zero-order valence-electron chi connectivity index (χ0n) is 11.8. The molecule has 0 aliphatic heterocycles. The Hall–Kier alpha value is -1.18. The van der Waals surface area contributed by atoms with Gasteiger partial charge in [-0.25, -0.2) is 0 Å². The molecule has 0 amide bonds. The van der Waals surface area contributed by atoms with E-state index >= 15 is 0 Å².